The average molecular weight is 580 g/mol. The van der Waals surface area contributed by atoms with Crippen molar-refractivity contribution in [3.63, 3.8) is 0 Å². The first-order valence-corrected chi connectivity index (χ1v) is 14.4. The molecule has 0 saturated heterocycles. The Bertz CT molecular complexity index is 1350. The molecule has 0 aliphatic heterocycles. The van der Waals surface area contributed by atoms with Gasteiger partial charge in [-0.25, -0.2) is 14.4 Å². The number of aliphatic carboxylic acids is 2. The van der Waals surface area contributed by atoms with Gasteiger partial charge in [-0.1, -0.05) is 76.5 Å². The molecule has 0 spiro atoms. The van der Waals surface area contributed by atoms with E-state index in [2.05, 4.69) is 37.8 Å². The minimum atomic E-state index is -1.82. The summed E-state index contributed by atoms with van der Waals surface area (Å²) in [5.74, 6) is -4.18. The molecule has 0 fully saturated rings. The molecule has 0 radical (unpaired) electrons. The number of carboxylic acid groups (broad SMARTS) is 3. The van der Waals surface area contributed by atoms with Crippen LogP contribution in [0, 0.1) is 0 Å². The van der Waals surface area contributed by atoms with Gasteiger partial charge >= 0.3 is 17.9 Å². The van der Waals surface area contributed by atoms with Crippen LogP contribution in [0.15, 0.2) is 53.0 Å². The summed E-state index contributed by atoms with van der Waals surface area (Å²) in [6, 6.07) is 12.3. The predicted molar refractivity (Wildman–Crippen MR) is 162 cm³/mol. The molecule has 0 bridgehead atoms. The predicted octanol–water partition coefficient (Wildman–Crippen LogP) is 6.78. The number of carbonyl (C=O) groups is 4. The van der Waals surface area contributed by atoms with E-state index in [1.54, 1.807) is 12.1 Å². The molecule has 226 valence electrons. The minimum absolute atomic E-state index is 0.136. The van der Waals surface area contributed by atoms with Crippen molar-refractivity contribution in [2.45, 2.75) is 65.7 Å². The molecule has 42 heavy (non-hydrogen) atoms. The molecule has 0 atom stereocenters. The molecule has 3 N–H and O–H groups in total. The van der Waals surface area contributed by atoms with E-state index in [4.69, 9.17) is 24.2 Å². The molecule has 3 rings (SSSR count). The number of carboxylic acids is 3. The van der Waals surface area contributed by atoms with Crippen LogP contribution in [0.3, 0.4) is 0 Å². The van der Waals surface area contributed by atoms with Gasteiger partial charge in [0.05, 0.1) is 11.1 Å². The summed E-state index contributed by atoms with van der Waals surface area (Å²) in [7, 11) is 0. The third kappa shape index (κ3) is 10.3. The van der Waals surface area contributed by atoms with Crippen molar-refractivity contribution in [3.05, 3.63) is 76.6 Å². The highest BCUT2D eigenvalue weighted by Gasteiger charge is 2.23. The molecular weight excluding hydrogens is 538 g/mol. The molecule has 0 unspecified atom stereocenters. The van der Waals surface area contributed by atoms with Crippen molar-refractivity contribution >= 4 is 40.7 Å². The number of benzene rings is 2. The quantitative estimate of drug-likeness (QED) is 0.131. The minimum Gasteiger partial charge on any atom is -0.478 e. The van der Waals surface area contributed by atoms with Crippen LogP contribution in [0.5, 0.6) is 0 Å². The van der Waals surface area contributed by atoms with Gasteiger partial charge in [0.2, 0.25) is 0 Å². The van der Waals surface area contributed by atoms with E-state index in [9.17, 15) is 14.7 Å². The molecule has 3 aromatic rings. The van der Waals surface area contributed by atoms with Crippen molar-refractivity contribution in [2.75, 3.05) is 19.6 Å². The third-order valence-corrected chi connectivity index (χ3v) is 6.68. The molecule has 1 aromatic heterocycles. The lowest BCUT2D eigenvalue weighted by molar-refractivity contribution is -0.159. The Morgan fingerprint density at radius 2 is 1.36 bits per heavy atom. The molecule has 0 saturated carbocycles. The fourth-order valence-electron chi connectivity index (χ4n) is 4.33. The fourth-order valence-corrected chi connectivity index (χ4v) is 4.33. The van der Waals surface area contributed by atoms with Crippen LogP contribution in [0.25, 0.3) is 17.0 Å². The highest BCUT2D eigenvalue weighted by atomic mass is 16.4. The van der Waals surface area contributed by atoms with Crippen molar-refractivity contribution in [3.8, 4) is 0 Å². The zero-order chi connectivity index (χ0) is 31.1. The number of carbonyl (C=O) groups excluding carboxylic acids is 1. The van der Waals surface area contributed by atoms with Gasteiger partial charge in [0.15, 0.2) is 5.78 Å². The fraction of sp³-hybridized carbons (Fsp3) is 0.394. The maximum Gasteiger partial charge on any atom is 0.414 e. The second kappa shape index (κ2) is 17.5. The Hall–Kier alpha value is -4.24. The summed E-state index contributed by atoms with van der Waals surface area (Å²) in [5.41, 5.74) is 2.79. The Balaban J connectivity index is 0.000000928. The van der Waals surface area contributed by atoms with Crippen molar-refractivity contribution in [2.24, 2.45) is 0 Å². The largest absolute Gasteiger partial charge is 0.478 e. The zero-order valence-corrected chi connectivity index (χ0v) is 24.6. The van der Waals surface area contributed by atoms with Crippen LogP contribution in [-0.2, 0) is 16.0 Å². The van der Waals surface area contributed by atoms with Crippen LogP contribution in [0.4, 0.5) is 0 Å². The first-order valence-electron chi connectivity index (χ1n) is 14.4. The van der Waals surface area contributed by atoms with Crippen LogP contribution >= 0.6 is 0 Å². The number of hydrogen-bond acceptors (Lipinski definition) is 6. The normalized spacial score (nSPS) is 11.0. The highest BCUT2D eigenvalue weighted by molar-refractivity contribution is 6.27. The van der Waals surface area contributed by atoms with Gasteiger partial charge in [-0.05, 0) is 56.1 Å². The Morgan fingerprint density at radius 3 is 1.88 bits per heavy atom. The molecule has 0 aliphatic carbocycles. The molecule has 1 heterocycles. The molecule has 2 aromatic carbocycles. The number of hydrogen-bond donors (Lipinski definition) is 3. The Morgan fingerprint density at radius 1 is 0.786 bits per heavy atom. The maximum atomic E-state index is 13.6. The molecule has 0 aliphatic rings. The first kappa shape index (κ1) is 34.0. The Kier molecular flexibility index (Phi) is 14.2. The summed E-state index contributed by atoms with van der Waals surface area (Å²) < 4.78 is 6.00. The molecular formula is C33H41NO8. The molecule has 0 amide bonds. The highest BCUT2D eigenvalue weighted by Crippen LogP contribution is 2.30. The number of aryl methyl sites for hydroxylation is 1. The lowest BCUT2D eigenvalue weighted by atomic mass is 9.97. The van der Waals surface area contributed by atoms with Crippen LogP contribution < -0.4 is 0 Å². The molecule has 9 nitrogen and oxygen atoms in total. The number of fused-ring (bicyclic) bond motifs is 1. The van der Waals surface area contributed by atoms with E-state index in [-0.39, 0.29) is 11.3 Å². The van der Waals surface area contributed by atoms with Gasteiger partial charge in [-0.3, -0.25) is 9.69 Å². The van der Waals surface area contributed by atoms with Crippen LogP contribution in [0.1, 0.15) is 96.9 Å². The van der Waals surface area contributed by atoms with E-state index in [0.29, 0.717) is 34.3 Å². The number of rotatable bonds is 15. The number of nitrogens with zero attached hydrogens (tertiary/aromatic N) is 1. The number of aromatic carboxylic acids is 1. The van der Waals surface area contributed by atoms with Crippen LogP contribution in [0.2, 0.25) is 0 Å². The van der Waals surface area contributed by atoms with Crippen LogP contribution in [-0.4, -0.2) is 63.5 Å². The standard InChI is InChI=1S/C31H39NO4.C2H2O4/c1-4-7-12-28-29(26-22-25(31(34)35)17-18-27(26)36-28)30(33)24-15-13-23(14-16-24)11-10-21-32(19-8-5-2)20-9-6-3;3-1(4)2(5)6/h10-11,13-18,22H,4-9,12,19-21H2,1-3H3,(H,34,35);(H,3,4)(H,5,6). The van der Waals surface area contributed by atoms with E-state index in [1.807, 2.05) is 24.3 Å². The second-order valence-corrected chi connectivity index (χ2v) is 9.99. The second-order valence-electron chi connectivity index (χ2n) is 9.99. The van der Waals surface area contributed by atoms with Gasteiger partial charge in [0.25, 0.3) is 0 Å². The smallest absolute Gasteiger partial charge is 0.414 e. The van der Waals surface area contributed by atoms with E-state index < -0.39 is 17.9 Å². The monoisotopic (exact) mass is 579 g/mol. The molecule has 9 heteroatoms. The topological polar surface area (TPSA) is 145 Å². The average Bonchev–Trinajstić information content (AvgIpc) is 3.34. The summed E-state index contributed by atoms with van der Waals surface area (Å²) in [4.78, 5) is 45.8. The SMILES string of the molecule is CCCCc1oc2ccc(C(=O)O)cc2c1C(=O)c1ccc(C=CCN(CCCC)CCCC)cc1.O=C(O)C(=O)O. The summed E-state index contributed by atoms with van der Waals surface area (Å²) >= 11 is 0. The van der Waals surface area contributed by atoms with Crippen molar-refractivity contribution < 1.29 is 38.9 Å². The number of ketones is 1. The number of unbranched alkanes of at least 4 members (excludes halogenated alkanes) is 3. The van der Waals surface area contributed by atoms with E-state index >= 15 is 0 Å². The van der Waals surface area contributed by atoms with Gasteiger partial charge in [-0.2, -0.15) is 0 Å². The lowest BCUT2D eigenvalue weighted by Crippen LogP contribution is -2.26. The maximum absolute atomic E-state index is 13.6. The van der Waals surface area contributed by atoms with Gasteiger partial charge in [0.1, 0.15) is 11.3 Å². The summed E-state index contributed by atoms with van der Waals surface area (Å²) in [5, 5.41) is 24.8. The van der Waals surface area contributed by atoms with Crippen molar-refractivity contribution in [1.29, 1.82) is 0 Å². The zero-order valence-electron chi connectivity index (χ0n) is 24.6. The van der Waals surface area contributed by atoms with Gasteiger partial charge < -0.3 is 19.7 Å². The first-order chi connectivity index (χ1) is 20.1. The lowest BCUT2D eigenvalue weighted by Gasteiger charge is -2.19. The van der Waals surface area contributed by atoms with E-state index in [1.165, 1.54) is 31.7 Å². The third-order valence-electron chi connectivity index (χ3n) is 6.68. The van der Waals surface area contributed by atoms with E-state index in [0.717, 1.165) is 38.0 Å². The summed E-state index contributed by atoms with van der Waals surface area (Å²) in [6.45, 7) is 9.70. The Labute approximate surface area is 246 Å². The van der Waals surface area contributed by atoms with Crippen molar-refractivity contribution in [1.82, 2.24) is 4.90 Å². The van der Waals surface area contributed by atoms with Gasteiger partial charge in [-0.15, -0.1) is 0 Å². The van der Waals surface area contributed by atoms with Gasteiger partial charge in [0, 0.05) is 23.9 Å². The number of furan rings is 1. The summed E-state index contributed by atoms with van der Waals surface area (Å²) in [6.07, 6.45) is 11.6.